The normalized spacial score (nSPS) is 16.4. The molecule has 2 aromatic carbocycles. The van der Waals surface area contributed by atoms with Gasteiger partial charge in [0.2, 0.25) is 0 Å². The first-order valence-corrected chi connectivity index (χ1v) is 11.4. The number of methoxy groups -OCH3 is 1. The van der Waals surface area contributed by atoms with Gasteiger partial charge in [0.1, 0.15) is 5.75 Å². The number of carbonyl (C=O) groups excluding carboxylic acids is 3. The molecule has 2 atom stereocenters. The van der Waals surface area contributed by atoms with Crippen molar-refractivity contribution in [3.63, 3.8) is 0 Å². The smallest absolute Gasteiger partial charge is 0.331 e. The quantitative estimate of drug-likeness (QED) is 0.406. The molecule has 3 rings (SSSR count). The second-order valence-electron chi connectivity index (χ2n) is 8.26. The third-order valence-electron chi connectivity index (χ3n) is 5.70. The van der Waals surface area contributed by atoms with Crippen LogP contribution in [-0.2, 0) is 16.1 Å². The van der Waals surface area contributed by atoms with Gasteiger partial charge in [0.05, 0.1) is 30.9 Å². The number of anilines is 1. The number of hydrogen-bond acceptors (Lipinski definition) is 6. The van der Waals surface area contributed by atoms with Crippen molar-refractivity contribution in [2.24, 2.45) is 5.92 Å². The number of ether oxygens (including phenoxy) is 2. The van der Waals surface area contributed by atoms with Gasteiger partial charge in [-0.3, -0.25) is 15.0 Å². The standard InChI is InChI=1S/C25H29ClN4O5/c1-6-35-21-12-11-19(13-20(21)26)28(4)23-27-24(32)30(14-17(3)22(31)34-5)25(33)29(23)15-18-9-7-16(2)8-10-18/h6-13,17,23H,1,14-15H2,2-5H3,(H,27,32)/t17-,23?/m0/s1. The monoisotopic (exact) mass is 500 g/mol. The van der Waals surface area contributed by atoms with Crippen LogP contribution in [0.3, 0.4) is 0 Å². The van der Waals surface area contributed by atoms with E-state index < -0.39 is 30.2 Å². The molecule has 1 fully saturated rings. The number of aryl methyl sites for hydroxylation is 1. The van der Waals surface area contributed by atoms with Gasteiger partial charge in [0, 0.05) is 19.3 Å². The average molecular weight is 501 g/mol. The van der Waals surface area contributed by atoms with Crippen LogP contribution in [0.4, 0.5) is 15.3 Å². The summed E-state index contributed by atoms with van der Waals surface area (Å²) in [4.78, 5) is 42.7. The van der Waals surface area contributed by atoms with Gasteiger partial charge in [-0.1, -0.05) is 54.9 Å². The Kier molecular flexibility index (Phi) is 8.24. The van der Waals surface area contributed by atoms with Gasteiger partial charge in [-0.25, -0.2) is 14.5 Å². The molecule has 0 bridgehead atoms. The number of hydrogen-bond donors (Lipinski definition) is 1. The highest BCUT2D eigenvalue weighted by molar-refractivity contribution is 6.32. The lowest BCUT2D eigenvalue weighted by Crippen LogP contribution is -2.69. The molecule has 1 saturated heterocycles. The first kappa shape index (κ1) is 25.9. The van der Waals surface area contributed by atoms with E-state index >= 15 is 0 Å². The number of halogens is 1. The van der Waals surface area contributed by atoms with Crippen molar-refractivity contribution in [2.75, 3.05) is 25.6 Å². The fraction of sp³-hybridized carbons (Fsp3) is 0.320. The van der Waals surface area contributed by atoms with E-state index in [0.717, 1.165) is 16.0 Å². The number of urea groups is 2. The predicted molar refractivity (Wildman–Crippen MR) is 133 cm³/mol. The highest BCUT2D eigenvalue weighted by Crippen LogP contribution is 2.31. The van der Waals surface area contributed by atoms with E-state index in [-0.39, 0.29) is 13.1 Å². The third kappa shape index (κ3) is 5.86. The minimum Gasteiger partial charge on any atom is -0.469 e. The second-order valence-corrected chi connectivity index (χ2v) is 8.67. The highest BCUT2D eigenvalue weighted by atomic mass is 35.5. The summed E-state index contributed by atoms with van der Waals surface area (Å²) in [7, 11) is 3.01. The Hall–Kier alpha value is -3.72. The summed E-state index contributed by atoms with van der Waals surface area (Å²) < 4.78 is 10.0. The summed E-state index contributed by atoms with van der Waals surface area (Å²) in [6.45, 7) is 7.22. The van der Waals surface area contributed by atoms with Crippen LogP contribution in [0.1, 0.15) is 18.1 Å². The summed E-state index contributed by atoms with van der Waals surface area (Å²) >= 11 is 6.33. The van der Waals surface area contributed by atoms with Crippen LogP contribution in [0.15, 0.2) is 55.3 Å². The van der Waals surface area contributed by atoms with Crippen LogP contribution in [0, 0.1) is 12.8 Å². The van der Waals surface area contributed by atoms with Gasteiger partial charge in [0.25, 0.3) is 0 Å². The summed E-state index contributed by atoms with van der Waals surface area (Å²) in [5.41, 5.74) is 2.62. The topological polar surface area (TPSA) is 91.4 Å². The Labute approximate surface area is 209 Å². The maximum absolute atomic E-state index is 13.6. The second kappa shape index (κ2) is 11.1. The Morgan fingerprint density at radius 2 is 1.94 bits per heavy atom. The molecular weight excluding hydrogens is 472 g/mol. The minimum absolute atomic E-state index is 0.114. The zero-order chi connectivity index (χ0) is 25.7. The van der Waals surface area contributed by atoms with Crippen molar-refractivity contribution in [2.45, 2.75) is 26.7 Å². The molecule has 1 unspecified atom stereocenters. The molecule has 2 aromatic rings. The Morgan fingerprint density at radius 3 is 2.54 bits per heavy atom. The number of imide groups is 1. The van der Waals surface area contributed by atoms with Crippen molar-refractivity contribution in [1.82, 2.24) is 15.1 Å². The van der Waals surface area contributed by atoms with E-state index in [0.29, 0.717) is 16.5 Å². The highest BCUT2D eigenvalue weighted by Gasteiger charge is 2.41. The van der Waals surface area contributed by atoms with Crippen LogP contribution in [-0.4, -0.2) is 54.8 Å². The molecule has 4 amide bonds. The van der Waals surface area contributed by atoms with E-state index in [1.165, 1.54) is 18.3 Å². The predicted octanol–water partition coefficient (Wildman–Crippen LogP) is 4.35. The molecule has 0 aromatic heterocycles. The van der Waals surface area contributed by atoms with E-state index in [9.17, 15) is 14.4 Å². The van der Waals surface area contributed by atoms with E-state index in [1.807, 2.05) is 31.2 Å². The summed E-state index contributed by atoms with van der Waals surface area (Å²) in [6.07, 6.45) is 0.459. The Bertz CT molecular complexity index is 1110. The number of benzene rings is 2. The minimum atomic E-state index is -0.816. The van der Waals surface area contributed by atoms with Gasteiger partial charge < -0.3 is 14.4 Å². The number of esters is 1. The molecule has 1 aliphatic heterocycles. The van der Waals surface area contributed by atoms with Crippen LogP contribution >= 0.6 is 11.6 Å². The molecule has 0 saturated carbocycles. The van der Waals surface area contributed by atoms with E-state index in [2.05, 4.69) is 11.9 Å². The van der Waals surface area contributed by atoms with Crippen LogP contribution in [0.5, 0.6) is 5.75 Å². The fourth-order valence-corrected chi connectivity index (χ4v) is 3.93. The molecule has 9 nitrogen and oxygen atoms in total. The lowest BCUT2D eigenvalue weighted by Gasteiger charge is -2.45. The molecule has 1 heterocycles. The van der Waals surface area contributed by atoms with Crippen molar-refractivity contribution in [3.05, 3.63) is 71.5 Å². The third-order valence-corrected chi connectivity index (χ3v) is 6.00. The van der Waals surface area contributed by atoms with Crippen LogP contribution < -0.4 is 15.0 Å². The van der Waals surface area contributed by atoms with Crippen molar-refractivity contribution < 1.29 is 23.9 Å². The van der Waals surface area contributed by atoms with E-state index in [1.54, 1.807) is 37.1 Å². The van der Waals surface area contributed by atoms with Gasteiger partial charge in [-0.05, 0) is 30.7 Å². The number of nitrogens with zero attached hydrogens (tertiary/aromatic N) is 3. The molecule has 0 aliphatic carbocycles. The molecule has 186 valence electrons. The number of nitrogens with one attached hydrogen (secondary N) is 1. The number of carbonyl (C=O) groups is 3. The largest absolute Gasteiger partial charge is 0.469 e. The summed E-state index contributed by atoms with van der Waals surface area (Å²) in [5, 5.41) is 3.22. The van der Waals surface area contributed by atoms with Gasteiger partial charge >= 0.3 is 18.0 Å². The van der Waals surface area contributed by atoms with Gasteiger partial charge in [-0.15, -0.1) is 0 Å². The van der Waals surface area contributed by atoms with Crippen LogP contribution in [0.2, 0.25) is 5.02 Å². The molecule has 10 heteroatoms. The number of amides is 4. The fourth-order valence-electron chi connectivity index (χ4n) is 3.71. The zero-order valence-corrected chi connectivity index (χ0v) is 20.9. The van der Waals surface area contributed by atoms with Crippen molar-refractivity contribution in [1.29, 1.82) is 0 Å². The first-order chi connectivity index (χ1) is 16.7. The lowest BCUT2D eigenvalue weighted by atomic mass is 10.1. The van der Waals surface area contributed by atoms with Crippen molar-refractivity contribution >= 4 is 35.3 Å². The Balaban J connectivity index is 1.93. The van der Waals surface area contributed by atoms with Gasteiger partial charge in [-0.2, -0.15) is 0 Å². The molecule has 35 heavy (non-hydrogen) atoms. The average Bonchev–Trinajstić information content (AvgIpc) is 2.84. The summed E-state index contributed by atoms with van der Waals surface area (Å²) in [5.74, 6) is -0.755. The number of rotatable bonds is 9. The van der Waals surface area contributed by atoms with Gasteiger partial charge in [0.15, 0.2) is 6.29 Å². The molecule has 1 N–H and O–H groups in total. The molecule has 0 radical (unpaired) electrons. The molecule has 1 aliphatic rings. The first-order valence-electron chi connectivity index (χ1n) is 11.0. The maximum atomic E-state index is 13.6. The molecular formula is C25H29ClN4O5. The SMILES string of the molecule is C=COc1ccc(N(C)C2NC(=O)N(C[C@H](C)C(=O)OC)C(=O)N2Cc2ccc(C)cc2)cc1Cl. The molecule has 0 spiro atoms. The van der Waals surface area contributed by atoms with E-state index in [4.69, 9.17) is 21.1 Å². The summed E-state index contributed by atoms with van der Waals surface area (Å²) in [6, 6.07) is 11.7. The maximum Gasteiger partial charge on any atom is 0.331 e. The zero-order valence-electron chi connectivity index (χ0n) is 20.2. The lowest BCUT2D eigenvalue weighted by molar-refractivity contribution is -0.145. The Morgan fingerprint density at radius 1 is 1.26 bits per heavy atom. The van der Waals surface area contributed by atoms with Crippen LogP contribution in [0.25, 0.3) is 0 Å². The van der Waals surface area contributed by atoms with Crippen molar-refractivity contribution in [3.8, 4) is 5.75 Å².